The van der Waals surface area contributed by atoms with Crippen LogP contribution >= 0.6 is 0 Å². The lowest BCUT2D eigenvalue weighted by Gasteiger charge is -2.09. The van der Waals surface area contributed by atoms with Gasteiger partial charge in [-0.25, -0.2) is 4.79 Å². The molecule has 0 N–H and O–H groups in total. The molecule has 0 aromatic carbocycles. The van der Waals surface area contributed by atoms with Gasteiger partial charge in [-0.2, -0.15) is 0 Å². The Bertz CT molecular complexity index is 252. The third-order valence-electron chi connectivity index (χ3n) is 3.33. The van der Waals surface area contributed by atoms with Crippen molar-refractivity contribution in [3.8, 4) is 0 Å². The molecule has 0 aliphatic carbocycles. The zero-order chi connectivity index (χ0) is 13.6. The maximum atomic E-state index is 11.9. The second-order valence-electron chi connectivity index (χ2n) is 5.02. The van der Waals surface area contributed by atoms with Crippen molar-refractivity contribution in [3.05, 3.63) is 6.08 Å². The Labute approximate surface area is 112 Å². The second kappa shape index (κ2) is 12.6. The summed E-state index contributed by atoms with van der Waals surface area (Å²) in [6.45, 7) is 4.32. The van der Waals surface area contributed by atoms with E-state index in [1.165, 1.54) is 25.3 Å². The average molecular weight is 252 g/mol. The molecule has 0 spiro atoms. The number of unbranched alkanes of at least 4 members (excludes halogenated alkanes) is 6. The first-order chi connectivity index (χ1) is 8.76. The quantitative estimate of drug-likeness (QED) is 0.378. The number of ketones is 1. The highest BCUT2D eigenvalue weighted by molar-refractivity contribution is 5.84. The van der Waals surface area contributed by atoms with Crippen molar-refractivity contribution in [2.24, 2.45) is 5.92 Å². The first kappa shape index (κ1) is 17.1. The minimum atomic E-state index is -0.180. The molecule has 0 heterocycles. The van der Waals surface area contributed by atoms with Crippen molar-refractivity contribution in [2.45, 2.75) is 78.1 Å². The molecule has 18 heavy (non-hydrogen) atoms. The molecule has 0 bridgehead atoms. The summed E-state index contributed by atoms with van der Waals surface area (Å²) in [4.78, 5) is 22.4. The molecule has 0 aliphatic rings. The van der Waals surface area contributed by atoms with Crippen LogP contribution in [0, 0.1) is 5.92 Å². The van der Waals surface area contributed by atoms with Gasteiger partial charge in [-0.1, -0.05) is 58.8 Å². The van der Waals surface area contributed by atoms with E-state index in [2.05, 4.69) is 13.8 Å². The number of Topliss-reactive ketones (excluding diaryl/α,β-unsaturated/α-hetero) is 1. The third-order valence-corrected chi connectivity index (χ3v) is 3.33. The molecular formula is C16H28O2. The van der Waals surface area contributed by atoms with Gasteiger partial charge in [-0.3, -0.25) is 4.79 Å². The molecule has 0 radical (unpaired) electrons. The van der Waals surface area contributed by atoms with Gasteiger partial charge in [0.25, 0.3) is 0 Å². The maximum Gasteiger partial charge on any atom is 0.140 e. The third kappa shape index (κ3) is 9.18. The SMILES string of the molecule is CCCCCCCC(=O)C(C=C=O)CCCCC. The Morgan fingerprint density at radius 3 is 2.22 bits per heavy atom. The predicted octanol–water partition coefficient (Wildman–Crippen LogP) is 4.50. The standard InChI is InChI=1S/C16H28O2/c1-3-5-7-8-10-12-16(18)15(13-14-17)11-9-6-4-2/h13,15H,3-12H2,1-2H3. The van der Waals surface area contributed by atoms with Crippen LogP contribution < -0.4 is 0 Å². The highest BCUT2D eigenvalue weighted by Crippen LogP contribution is 2.16. The van der Waals surface area contributed by atoms with Crippen molar-refractivity contribution >= 4 is 11.7 Å². The first-order valence-corrected chi connectivity index (χ1v) is 7.49. The predicted molar refractivity (Wildman–Crippen MR) is 76.3 cm³/mol. The number of rotatable bonds is 12. The van der Waals surface area contributed by atoms with E-state index in [0.29, 0.717) is 6.42 Å². The summed E-state index contributed by atoms with van der Waals surface area (Å²) >= 11 is 0. The van der Waals surface area contributed by atoms with Crippen molar-refractivity contribution in [2.75, 3.05) is 0 Å². The average Bonchev–Trinajstić information content (AvgIpc) is 2.37. The molecule has 0 aromatic heterocycles. The molecule has 2 heteroatoms. The molecule has 0 aromatic rings. The molecule has 1 unspecified atom stereocenters. The minimum Gasteiger partial charge on any atom is -0.299 e. The molecule has 0 rings (SSSR count). The Kier molecular flexibility index (Phi) is 12.0. The zero-order valence-electron chi connectivity index (χ0n) is 12.0. The van der Waals surface area contributed by atoms with E-state index in [1.54, 1.807) is 5.94 Å². The second-order valence-corrected chi connectivity index (χ2v) is 5.02. The number of carbonyl (C=O) groups is 1. The molecule has 0 amide bonds. The molecule has 0 saturated carbocycles. The minimum absolute atomic E-state index is 0.180. The van der Waals surface area contributed by atoms with Gasteiger partial charge < -0.3 is 0 Å². The topological polar surface area (TPSA) is 34.1 Å². The van der Waals surface area contributed by atoms with Crippen molar-refractivity contribution < 1.29 is 9.59 Å². The van der Waals surface area contributed by atoms with Crippen LogP contribution in [0.15, 0.2) is 6.08 Å². The van der Waals surface area contributed by atoms with Crippen LogP contribution in [-0.4, -0.2) is 11.7 Å². The summed E-state index contributed by atoms with van der Waals surface area (Å²) in [5.74, 6) is 1.84. The molecule has 1 atom stereocenters. The normalized spacial score (nSPS) is 11.9. The smallest absolute Gasteiger partial charge is 0.140 e. The number of hydrogen-bond acceptors (Lipinski definition) is 2. The van der Waals surface area contributed by atoms with Gasteiger partial charge in [-0.15, -0.1) is 0 Å². The summed E-state index contributed by atoms with van der Waals surface area (Å²) < 4.78 is 0. The fraction of sp³-hybridized carbons (Fsp3) is 0.812. The summed E-state index contributed by atoms with van der Waals surface area (Å²) in [7, 11) is 0. The van der Waals surface area contributed by atoms with Gasteiger partial charge in [0, 0.05) is 18.4 Å². The van der Waals surface area contributed by atoms with Gasteiger partial charge in [0.1, 0.15) is 11.7 Å². The monoisotopic (exact) mass is 252 g/mol. The van der Waals surface area contributed by atoms with E-state index in [9.17, 15) is 9.59 Å². The van der Waals surface area contributed by atoms with E-state index in [-0.39, 0.29) is 11.7 Å². The zero-order valence-corrected chi connectivity index (χ0v) is 12.0. The summed E-state index contributed by atoms with van der Waals surface area (Å²) in [5.41, 5.74) is 0. The molecule has 0 saturated heterocycles. The molecule has 0 aliphatic heterocycles. The Morgan fingerprint density at radius 1 is 1.00 bits per heavy atom. The van der Waals surface area contributed by atoms with E-state index >= 15 is 0 Å². The molecule has 0 fully saturated rings. The Balaban J connectivity index is 3.87. The lowest BCUT2D eigenvalue weighted by atomic mass is 9.93. The largest absolute Gasteiger partial charge is 0.299 e. The van der Waals surface area contributed by atoms with Crippen molar-refractivity contribution in [1.82, 2.24) is 0 Å². The van der Waals surface area contributed by atoms with Crippen LogP contribution in [0.25, 0.3) is 0 Å². The van der Waals surface area contributed by atoms with Gasteiger partial charge in [0.05, 0.1) is 0 Å². The fourth-order valence-corrected chi connectivity index (χ4v) is 2.12. The van der Waals surface area contributed by atoms with E-state index < -0.39 is 0 Å². The molecular weight excluding hydrogens is 224 g/mol. The van der Waals surface area contributed by atoms with E-state index in [0.717, 1.165) is 38.5 Å². The lowest BCUT2D eigenvalue weighted by Crippen LogP contribution is -2.12. The van der Waals surface area contributed by atoms with Crippen molar-refractivity contribution in [1.29, 1.82) is 0 Å². The van der Waals surface area contributed by atoms with Gasteiger partial charge >= 0.3 is 0 Å². The maximum absolute atomic E-state index is 11.9. The van der Waals surface area contributed by atoms with Gasteiger partial charge in [0.15, 0.2) is 0 Å². The highest BCUT2D eigenvalue weighted by Gasteiger charge is 2.14. The van der Waals surface area contributed by atoms with Crippen molar-refractivity contribution in [3.63, 3.8) is 0 Å². The van der Waals surface area contributed by atoms with E-state index in [4.69, 9.17) is 0 Å². The van der Waals surface area contributed by atoms with Gasteiger partial charge in [0.2, 0.25) is 0 Å². The summed E-state index contributed by atoms with van der Waals surface area (Å²) in [6.07, 6.45) is 12.0. The summed E-state index contributed by atoms with van der Waals surface area (Å²) in [5, 5.41) is 0. The lowest BCUT2D eigenvalue weighted by molar-refractivity contribution is -0.121. The van der Waals surface area contributed by atoms with Crippen LogP contribution in [0.5, 0.6) is 0 Å². The van der Waals surface area contributed by atoms with Crippen LogP contribution in [0.4, 0.5) is 0 Å². The van der Waals surface area contributed by atoms with Crippen LogP contribution in [0.3, 0.4) is 0 Å². The summed E-state index contributed by atoms with van der Waals surface area (Å²) in [6, 6.07) is 0. The molecule has 104 valence electrons. The number of hydrogen-bond donors (Lipinski definition) is 0. The fourth-order valence-electron chi connectivity index (χ4n) is 2.12. The molecule has 2 nitrogen and oxygen atoms in total. The van der Waals surface area contributed by atoms with E-state index in [1.807, 2.05) is 0 Å². The number of carbonyl (C=O) groups excluding carboxylic acids is 2. The first-order valence-electron chi connectivity index (χ1n) is 7.49. The van der Waals surface area contributed by atoms with Crippen LogP contribution in [0.2, 0.25) is 0 Å². The van der Waals surface area contributed by atoms with Crippen LogP contribution in [0.1, 0.15) is 78.1 Å². The van der Waals surface area contributed by atoms with Crippen LogP contribution in [-0.2, 0) is 9.59 Å². The van der Waals surface area contributed by atoms with Gasteiger partial charge in [-0.05, 0) is 12.8 Å². The Hall–Kier alpha value is -0.880. The Morgan fingerprint density at radius 2 is 1.61 bits per heavy atom. The number of allylic oxidation sites excluding steroid dienone is 1. The highest BCUT2D eigenvalue weighted by atomic mass is 16.1.